The summed E-state index contributed by atoms with van der Waals surface area (Å²) in [6.45, 7) is 4.96. The van der Waals surface area contributed by atoms with Crippen LogP contribution in [0.3, 0.4) is 0 Å². The van der Waals surface area contributed by atoms with Gasteiger partial charge in [0.15, 0.2) is 0 Å². The first kappa shape index (κ1) is 14.5. The van der Waals surface area contributed by atoms with Crippen LogP contribution in [0.15, 0.2) is 35.7 Å². The molecule has 0 amide bonds. The monoisotopic (exact) mass is 297 g/mol. The second-order valence-electron chi connectivity index (χ2n) is 4.90. The van der Waals surface area contributed by atoms with Crippen molar-refractivity contribution in [1.82, 2.24) is 5.32 Å². The molecule has 0 saturated carbocycles. The second kappa shape index (κ2) is 6.51. The lowest BCUT2D eigenvalue weighted by atomic mass is 10.0. The highest BCUT2D eigenvalue weighted by atomic mass is 35.5. The molecule has 2 rings (SSSR count). The van der Waals surface area contributed by atoms with Crippen LogP contribution < -0.4 is 5.32 Å². The van der Waals surface area contributed by atoms with Gasteiger partial charge in [-0.15, -0.1) is 11.3 Å². The molecule has 0 aliphatic heterocycles. The zero-order valence-corrected chi connectivity index (χ0v) is 12.6. The first-order valence-corrected chi connectivity index (χ1v) is 7.54. The van der Waals surface area contributed by atoms with Gasteiger partial charge in [-0.2, -0.15) is 0 Å². The third kappa shape index (κ3) is 4.03. The summed E-state index contributed by atoms with van der Waals surface area (Å²) >= 11 is 7.60. The molecule has 2 aromatic rings. The molecule has 4 heteroatoms. The molecular formula is C15H17ClFNS. The molecule has 0 fully saturated rings. The van der Waals surface area contributed by atoms with Gasteiger partial charge >= 0.3 is 0 Å². The molecule has 0 bridgehead atoms. The predicted octanol–water partition coefficient (Wildman–Crippen LogP) is 5.03. The van der Waals surface area contributed by atoms with E-state index in [4.69, 9.17) is 11.6 Å². The molecule has 0 radical (unpaired) electrons. The minimum atomic E-state index is -0.290. The van der Waals surface area contributed by atoms with Crippen molar-refractivity contribution in [3.8, 4) is 0 Å². The summed E-state index contributed by atoms with van der Waals surface area (Å²) in [5.41, 5.74) is 0.868. The number of nitrogens with one attached hydrogen (secondary N) is 1. The molecule has 1 aromatic heterocycles. The van der Waals surface area contributed by atoms with Crippen molar-refractivity contribution in [3.05, 3.63) is 57.0 Å². The van der Waals surface area contributed by atoms with Crippen molar-refractivity contribution in [1.29, 1.82) is 0 Å². The van der Waals surface area contributed by atoms with Crippen LogP contribution in [0.25, 0.3) is 0 Å². The van der Waals surface area contributed by atoms with Crippen LogP contribution in [0.2, 0.25) is 5.02 Å². The molecule has 102 valence electrons. The molecule has 0 spiro atoms. The zero-order valence-electron chi connectivity index (χ0n) is 11.0. The number of halogens is 2. The van der Waals surface area contributed by atoms with Crippen LogP contribution in [-0.2, 0) is 6.54 Å². The molecule has 0 saturated heterocycles. The van der Waals surface area contributed by atoms with E-state index in [1.54, 1.807) is 17.4 Å². The van der Waals surface area contributed by atoms with E-state index in [1.165, 1.54) is 17.0 Å². The van der Waals surface area contributed by atoms with Gasteiger partial charge in [-0.05, 0) is 41.1 Å². The summed E-state index contributed by atoms with van der Waals surface area (Å²) in [4.78, 5) is 1.30. The fourth-order valence-electron chi connectivity index (χ4n) is 2.07. The molecule has 0 aliphatic rings. The van der Waals surface area contributed by atoms with Gasteiger partial charge in [0.1, 0.15) is 5.82 Å². The normalized spacial score (nSPS) is 12.9. The molecule has 1 aromatic carbocycles. The van der Waals surface area contributed by atoms with E-state index in [0.29, 0.717) is 17.5 Å². The lowest BCUT2D eigenvalue weighted by Crippen LogP contribution is -2.24. The average Bonchev–Trinajstić information content (AvgIpc) is 2.81. The van der Waals surface area contributed by atoms with Crippen molar-refractivity contribution in [3.63, 3.8) is 0 Å². The SMILES string of the molecule is CC(C)C(NCc1cc(F)cc(Cl)c1)c1cccs1. The molecular weight excluding hydrogens is 281 g/mol. The zero-order chi connectivity index (χ0) is 13.8. The Bertz CT molecular complexity index is 505. The molecule has 1 N–H and O–H groups in total. The van der Waals surface area contributed by atoms with Crippen LogP contribution in [0.1, 0.15) is 30.3 Å². The summed E-state index contributed by atoms with van der Waals surface area (Å²) in [7, 11) is 0. The Morgan fingerprint density at radius 1 is 1.32 bits per heavy atom. The molecule has 1 unspecified atom stereocenters. The first-order valence-electron chi connectivity index (χ1n) is 6.28. The van der Waals surface area contributed by atoms with E-state index >= 15 is 0 Å². The van der Waals surface area contributed by atoms with Crippen LogP contribution in [0.5, 0.6) is 0 Å². The first-order chi connectivity index (χ1) is 9.06. The fourth-order valence-corrected chi connectivity index (χ4v) is 3.29. The Hall–Kier alpha value is -0.900. The number of benzene rings is 1. The van der Waals surface area contributed by atoms with E-state index < -0.39 is 0 Å². The minimum Gasteiger partial charge on any atom is -0.305 e. The van der Waals surface area contributed by atoms with Crippen LogP contribution in [0.4, 0.5) is 4.39 Å². The number of hydrogen-bond acceptors (Lipinski definition) is 2. The number of rotatable bonds is 5. The van der Waals surface area contributed by atoms with E-state index in [9.17, 15) is 4.39 Å². The van der Waals surface area contributed by atoms with Crippen LogP contribution in [0, 0.1) is 11.7 Å². The highest BCUT2D eigenvalue weighted by Crippen LogP contribution is 2.26. The Balaban J connectivity index is 2.07. The maximum Gasteiger partial charge on any atom is 0.125 e. The van der Waals surface area contributed by atoms with E-state index in [1.807, 2.05) is 0 Å². The van der Waals surface area contributed by atoms with Crippen LogP contribution in [-0.4, -0.2) is 0 Å². The number of thiophene rings is 1. The largest absolute Gasteiger partial charge is 0.305 e. The topological polar surface area (TPSA) is 12.0 Å². The van der Waals surface area contributed by atoms with Gasteiger partial charge in [-0.1, -0.05) is 31.5 Å². The summed E-state index contributed by atoms with van der Waals surface area (Å²) in [6, 6.07) is 9.09. The Morgan fingerprint density at radius 3 is 2.68 bits per heavy atom. The van der Waals surface area contributed by atoms with E-state index in [-0.39, 0.29) is 11.9 Å². The Kier molecular flexibility index (Phi) is 4.97. The van der Waals surface area contributed by atoms with Crippen LogP contribution >= 0.6 is 22.9 Å². The van der Waals surface area contributed by atoms with Gasteiger partial charge in [-0.25, -0.2) is 4.39 Å². The molecule has 1 atom stereocenters. The van der Waals surface area contributed by atoms with Gasteiger partial charge in [0.25, 0.3) is 0 Å². The average molecular weight is 298 g/mol. The summed E-state index contributed by atoms with van der Waals surface area (Å²) in [6.07, 6.45) is 0. The highest BCUT2D eigenvalue weighted by Gasteiger charge is 2.16. The Labute approximate surface area is 122 Å². The maximum atomic E-state index is 13.3. The number of hydrogen-bond donors (Lipinski definition) is 1. The molecule has 0 aliphatic carbocycles. The van der Waals surface area contributed by atoms with Gasteiger partial charge in [-0.3, -0.25) is 0 Å². The van der Waals surface area contributed by atoms with E-state index in [2.05, 4.69) is 36.7 Å². The third-order valence-electron chi connectivity index (χ3n) is 2.96. The molecule has 1 heterocycles. The lowest BCUT2D eigenvalue weighted by molar-refractivity contribution is 0.416. The van der Waals surface area contributed by atoms with Crippen molar-refractivity contribution < 1.29 is 4.39 Å². The predicted molar refractivity (Wildman–Crippen MR) is 80.1 cm³/mol. The quantitative estimate of drug-likeness (QED) is 0.816. The van der Waals surface area contributed by atoms with Gasteiger partial charge < -0.3 is 5.32 Å². The van der Waals surface area contributed by atoms with Crippen molar-refractivity contribution in [2.45, 2.75) is 26.4 Å². The van der Waals surface area contributed by atoms with Gasteiger partial charge in [0.2, 0.25) is 0 Å². The summed E-state index contributed by atoms with van der Waals surface area (Å²) in [5, 5.41) is 5.99. The van der Waals surface area contributed by atoms with Gasteiger partial charge in [0.05, 0.1) is 0 Å². The Morgan fingerprint density at radius 2 is 2.11 bits per heavy atom. The molecule has 19 heavy (non-hydrogen) atoms. The standard InChI is InChI=1S/C15H17ClFNS/c1-10(2)15(14-4-3-5-19-14)18-9-11-6-12(16)8-13(17)7-11/h3-8,10,15,18H,9H2,1-2H3. The van der Waals surface area contributed by atoms with E-state index in [0.717, 1.165) is 5.56 Å². The maximum absolute atomic E-state index is 13.3. The lowest BCUT2D eigenvalue weighted by Gasteiger charge is -2.21. The third-order valence-corrected chi connectivity index (χ3v) is 4.14. The van der Waals surface area contributed by atoms with Gasteiger partial charge in [0, 0.05) is 22.5 Å². The minimum absolute atomic E-state index is 0.280. The van der Waals surface area contributed by atoms with Crippen molar-refractivity contribution in [2.24, 2.45) is 5.92 Å². The smallest absolute Gasteiger partial charge is 0.125 e. The van der Waals surface area contributed by atoms with Crippen molar-refractivity contribution >= 4 is 22.9 Å². The summed E-state index contributed by atoms with van der Waals surface area (Å²) in [5.74, 6) is 0.184. The van der Waals surface area contributed by atoms with Crippen molar-refractivity contribution in [2.75, 3.05) is 0 Å². The second-order valence-corrected chi connectivity index (χ2v) is 6.31. The highest BCUT2D eigenvalue weighted by molar-refractivity contribution is 7.10. The fraction of sp³-hybridized carbons (Fsp3) is 0.333. The summed E-state index contributed by atoms with van der Waals surface area (Å²) < 4.78 is 13.3. The molecule has 1 nitrogen and oxygen atoms in total.